The largest absolute Gasteiger partial charge is 0.313 e. The Kier molecular flexibility index (Phi) is 5.72. The van der Waals surface area contributed by atoms with Crippen LogP contribution in [0.15, 0.2) is 18.2 Å². The lowest BCUT2D eigenvalue weighted by atomic mass is 9.89. The summed E-state index contributed by atoms with van der Waals surface area (Å²) in [5.41, 5.74) is 2.50. The van der Waals surface area contributed by atoms with Crippen LogP contribution in [0.5, 0.6) is 0 Å². The lowest BCUT2D eigenvalue weighted by Gasteiger charge is -2.23. The van der Waals surface area contributed by atoms with E-state index >= 15 is 0 Å². The molecule has 0 bridgehead atoms. The number of nitrogens with one attached hydrogen (secondary N) is 1. The van der Waals surface area contributed by atoms with Crippen LogP contribution in [0.4, 0.5) is 0 Å². The van der Waals surface area contributed by atoms with Crippen LogP contribution < -0.4 is 5.32 Å². The Morgan fingerprint density at radius 1 is 1.21 bits per heavy atom. The summed E-state index contributed by atoms with van der Waals surface area (Å²) in [6.07, 6.45) is 9.73. The Balaban J connectivity index is 2.03. The Bertz CT molecular complexity index is 394. The highest BCUT2D eigenvalue weighted by Gasteiger charge is 2.18. The molecular formula is C17H26ClN. The highest BCUT2D eigenvalue weighted by molar-refractivity contribution is 6.31. The lowest BCUT2D eigenvalue weighted by molar-refractivity contribution is 0.368. The molecule has 1 N–H and O–H groups in total. The van der Waals surface area contributed by atoms with Crippen LogP contribution in [0.2, 0.25) is 5.02 Å². The van der Waals surface area contributed by atoms with E-state index in [1.54, 1.807) is 0 Å². The minimum absolute atomic E-state index is 0.446. The number of aryl methyl sites for hydroxylation is 1. The zero-order valence-corrected chi connectivity index (χ0v) is 13.0. The molecule has 1 unspecified atom stereocenters. The molecule has 1 aromatic rings. The third-order valence-electron chi connectivity index (χ3n) is 4.49. The number of halogens is 1. The van der Waals surface area contributed by atoms with E-state index < -0.39 is 0 Å². The van der Waals surface area contributed by atoms with Crippen LogP contribution in [-0.2, 0) is 0 Å². The van der Waals surface area contributed by atoms with Crippen molar-refractivity contribution in [2.75, 3.05) is 7.05 Å². The van der Waals surface area contributed by atoms with Gasteiger partial charge in [0, 0.05) is 11.1 Å². The maximum Gasteiger partial charge on any atom is 0.0438 e. The van der Waals surface area contributed by atoms with E-state index in [1.165, 1.54) is 50.5 Å². The molecule has 2 heteroatoms. The van der Waals surface area contributed by atoms with Crippen LogP contribution in [-0.4, -0.2) is 7.05 Å². The Labute approximate surface area is 122 Å². The summed E-state index contributed by atoms with van der Waals surface area (Å²) in [5, 5.41) is 4.36. The fourth-order valence-corrected chi connectivity index (χ4v) is 3.37. The van der Waals surface area contributed by atoms with Crippen molar-refractivity contribution in [3.63, 3.8) is 0 Å². The fraction of sp³-hybridized carbons (Fsp3) is 0.647. The van der Waals surface area contributed by atoms with Crippen LogP contribution in [0.1, 0.15) is 62.1 Å². The Morgan fingerprint density at radius 3 is 2.47 bits per heavy atom. The van der Waals surface area contributed by atoms with Crippen molar-refractivity contribution in [1.82, 2.24) is 5.32 Å². The molecule has 1 aliphatic carbocycles. The van der Waals surface area contributed by atoms with Gasteiger partial charge in [-0.2, -0.15) is 0 Å². The van der Waals surface area contributed by atoms with Crippen LogP contribution in [0.3, 0.4) is 0 Å². The average Bonchev–Trinajstić information content (AvgIpc) is 2.68. The first-order valence-electron chi connectivity index (χ1n) is 7.64. The molecule has 0 aliphatic heterocycles. The van der Waals surface area contributed by atoms with Gasteiger partial charge in [-0.25, -0.2) is 0 Å². The molecule has 2 rings (SSSR count). The van der Waals surface area contributed by atoms with E-state index in [1.807, 2.05) is 0 Å². The molecule has 1 saturated carbocycles. The minimum atomic E-state index is 0.446. The molecule has 0 saturated heterocycles. The number of benzene rings is 1. The molecule has 1 atom stereocenters. The molecule has 1 aromatic carbocycles. The van der Waals surface area contributed by atoms with Gasteiger partial charge in [0.05, 0.1) is 0 Å². The first kappa shape index (κ1) is 14.9. The van der Waals surface area contributed by atoms with Gasteiger partial charge in [0.1, 0.15) is 0 Å². The molecule has 0 spiro atoms. The van der Waals surface area contributed by atoms with E-state index in [0.717, 1.165) is 16.5 Å². The number of rotatable bonds is 4. The zero-order chi connectivity index (χ0) is 13.7. The third kappa shape index (κ3) is 4.22. The third-order valence-corrected chi connectivity index (χ3v) is 4.90. The topological polar surface area (TPSA) is 12.0 Å². The normalized spacial score (nSPS) is 19.1. The van der Waals surface area contributed by atoms with E-state index in [9.17, 15) is 0 Å². The first-order chi connectivity index (χ1) is 9.20. The fourth-order valence-electron chi connectivity index (χ4n) is 3.18. The van der Waals surface area contributed by atoms with Crippen LogP contribution >= 0.6 is 11.6 Å². The quantitative estimate of drug-likeness (QED) is 0.741. The second-order valence-corrected chi connectivity index (χ2v) is 6.35. The molecule has 106 valence electrons. The van der Waals surface area contributed by atoms with Gasteiger partial charge in [0.2, 0.25) is 0 Å². The van der Waals surface area contributed by atoms with E-state index in [0.29, 0.717) is 6.04 Å². The first-order valence-corrected chi connectivity index (χ1v) is 8.02. The molecule has 1 fully saturated rings. The molecule has 1 nitrogen and oxygen atoms in total. The van der Waals surface area contributed by atoms with Gasteiger partial charge >= 0.3 is 0 Å². The monoisotopic (exact) mass is 279 g/mol. The summed E-state index contributed by atoms with van der Waals surface area (Å²) in [7, 11) is 2.06. The summed E-state index contributed by atoms with van der Waals surface area (Å²) in [6.45, 7) is 2.06. The molecule has 19 heavy (non-hydrogen) atoms. The summed E-state index contributed by atoms with van der Waals surface area (Å²) < 4.78 is 0. The lowest BCUT2D eigenvalue weighted by Crippen LogP contribution is -2.20. The Hall–Kier alpha value is -0.530. The zero-order valence-electron chi connectivity index (χ0n) is 12.2. The van der Waals surface area contributed by atoms with Gasteiger partial charge in [0.25, 0.3) is 0 Å². The van der Waals surface area contributed by atoms with Gasteiger partial charge < -0.3 is 5.32 Å². The second-order valence-electron chi connectivity index (χ2n) is 5.94. The van der Waals surface area contributed by atoms with Crippen molar-refractivity contribution in [2.24, 2.45) is 5.92 Å². The molecule has 0 amide bonds. The SMILES string of the molecule is CNC(CC1CCCCCC1)c1ccc(C)c(Cl)c1. The van der Waals surface area contributed by atoms with Crippen molar-refractivity contribution in [1.29, 1.82) is 0 Å². The number of hydrogen-bond donors (Lipinski definition) is 1. The molecule has 0 aromatic heterocycles. The predicted molar refractivity (Wildman–Crippen MR) is 83.8 cm³/mol. The summed E-state index contributed by atoms with van der Waals surface area (Å²) in [6, 6.07) is 6.93. The summed E-state index contributed by atoms with van der Waals surface area (Å²) >= 11 is 6.26. The highest BCUT2D eigenvalue weighted by atomic mass is 35.5. The van der Waals surface area contributed by atoms with Gasteiger partial charge in [-0.1, -0.05) is 62.3 Å². The molecule has 0 radical (unpaired) electrons. The van der Waals surface area contributed by atoms with Crippen LogP contribution in [0, 0.1) is 12.8 Å². The maximum atomic E-state index is 6.26. The average molecular weight is 280 g/mol. The van der Waals surface area contributed by atoms with Gasteiger partial charge in [-0.15, -0.1) is 0 Å². The van der Waals surface area contributed by atoms with Gasteiger partial charge in [-0.3, -0.25) is 0 Å². The summed E-state index contributed by atoms with van der Waals surface area (Å²) in [4.78, 5) is 0. The number of hydrogen-bond acceptors (Lipinski definition) is 1. The van der Waals surface area contributed by atoms with Crippen molar-refractivity contribution in [2.45, 2.75) is 57.9 Å². The Morgan fingerprint density at radius 2 is 1.89 bits per heavy atom. The second kappa shape index (κ2) is 7.31. The van der Waals surface area contributed by atoms with Crippen molar-refractivity contribution < 1.29 is 0 Å². The standard InChI is InChI=1S/C17H26ClN/c1-13-9-10-15(12-16(13)18)17(19-2)11-14-7-5-3-4-6-8-14/h9-10,12,14,17,19H,3-8,11H2,1-2H3. The van der Waals surface area contributed by atoms with Crippen molar-refractivity contribution >= 4 is 11.6 Å². The summed E-state index contributed by atoms with van der Waals surface area (Å²) in [5.74, 6) is 0.875. The van der Waals surface area contributed by atoms with Gasteiger partial charge in [-0.05, 0) is 43.5 Å². The van der Waals surface area contributed by atoms with Gasteiger partial charge in [0.15, 0.2) is 0 Å². The van der Waals surface area contributed by atoms with Crippen molar-refractivity contribution in [3.05, 3.63) is 34.3 Å². The predicted octanol–water partition coefficient (Wildman–Crippen LogP) is 5.27. The minimum Gasteiger partial charge on any atom is -0.313 e. The highest BCUT2D eigenvalue weighted by Crippen LogP contribution is 2.32. The van der Waals surface area contributed by atoms with Crippen LogP contribution in [0.25, 0.3) is 0 Å². The van der Waals surface area contributed by atoms with E-state index in [4.69, 9.17) is 11.6 Å². The molecule has 1 aliphatic rings. The molecule has 0 heterocycles. The van der Waals surface area contributed by atoms with Crippen molar-refractivity contribution in [3.8, 4) is 0 Å². The van der Waals surface area contributed by atoms with E-state index in [2.05, 4.69) is 37.5 Å². The maximum absolute atomic E-state index is 6.26. The van der Waals surface area contributed by atoms with E-state index in [-0.39, 0.29) is 0 Å². The molecular weight excluding hydrogens is 254 g/mol. The smallest absolute Gasteiger partial charge is 0.0438 e.